The summed E-state index contributed by atoms with van der Waals surface area (Å²) in [4.78, 5) is 12.1. The number of esters is 1. The van der Waals surface area contributed by atoms with Crippen molar-refractivity contribution in [3.63, 3.8) is 0 Å². The van der Waals surface area contributed by atoms with Gasteiger partial charge in [0.1, 0.15) is 5.54 Å². The standard InChI is InChI=1S/C15H31NO2/c1-4-7-10-12-15(16,11-8-5-2)14(17)18-13-9-6-3/h4-13,16H2,1-3H3. The van der Waals surface area contributed by atoms with Gasteiger partial charge in [0, 0.05) is 0 Å². The van der Waals surface area contributed by atoms with Crippen molar-refractivity contribution in [2.45, 2.75) is 84.1 Å². The highest BCUT2D eigenvalue weighted by molar-refractivity contribution is 5.80. The molecule has 0 aliphatic carbocycles. The second kappa shape index (κ2) is 10.4. The van der Waals surface area contributed by atoms with Gasteiger partial charge in [-0.25, -0.2) is 0 Å². The molecule has 0 heterocycles. The first-order valence-corrected chi connectivity index (χ1v) is 7.56. The van der Waals surface area contributed by atoms with Crippen LogP contribution >= 0.6 is 0 Å². The fourth-order valence-electron chi connectivity index (χ4n) is 1.96. The summed E-state index contributed by atoms with van der Waals surface area (Å²) in [6, 6.07) is 0. The van der Waals surface area contributed by atoms with E-state index in [0.717, 1.165) is 57.8 Å². The Kier molecular flexibility index (Phi) is 10.0. The van der Waals surface area contributed by atoms with Gasteiger partial charge in [-0.1, -0.05) is 59.3 Å². The summed E-state index contributed by atoms with van der Waals surface area (Å²) in [5.41, 5.74) is 5.53. The van der Waals surface area contributed by atoms with E-state index in [-0.39, 0.29) is 5.97 Å². The van der Waals surface area contributed by atoms with Gasteiger partial charge in [0.2, 0.25) is 0 Å². The lowest BCUT2D eigenvalue weighted by Gasteiger charge is -2.27. The summed E-state index contributed by atoms with van der Waals surface area (Å²) in [5, 5.41) is 0. The van der Waals surface area contributed by atoms with E-state index < -0.39 is 5.54 Å². The molecule has 1 unspecified atom stereocenters. The van der Waals surface area contributed by atoms with E-state index in [1.807, 2.05) is 0 Å². The van der Waals surface area contributed by atoms with Crippen LogP contribution in [0.2, 0.25) is 0 Å². The topological polar surface area (TPSA) is 52.3 Å². The monoisotopic (exact) mass is 257 g/mol. The van der Waals surface area contributed by atoms with E-state index in [4.69, 9.17) is 10.5 Å². The van der Waals surface area contributed by atoms with Crippen molar-refractivity contribution in [3.05, 3.63) is 0 Å². The summed E-state index contributed by atoms with van der Waals surface area (Å²) >= 11 is 0. The second-order valence-corrected chi connectivity index (χ2v) is 5.21. The summed E-state index contributed by atoms with van der Waals surface area (Å²) in [5.74, 6) is -0.194. The molecule has 0 rings (SSSR count). The van der Waals surface area contributed by atoms with Crippen LogP contribution in [0.25, 0.3) is 0 Å². The Labute approximate surface area is 112 Å². The lowest BCUT2D eigenvalue weighted by atomic mass is 9.88. The third kappa shape index (κ3) is 7.00. The highest BCUT2D eigenvalue weighted by Crippen LogP contribution is 2.21. The van der Waals surface area contributed by atoms with Gasteiger partial charge in [-0.05, 0) is 19.3 Å². The van der Waals surface area contributed by atoms with Gasteiger partial charge in [-0.2, -0.15) is 0 Å². The van der Waals surface area contributed by atoms with Crippen molar-refractivity contribution >= 4 is 5.97 Å². The minimum atomic E-state index is -0.751. The number of carbonyl (C=O) groups excluding carboxylic acids is 1. The molecule has 0 aliphatic heterocycles. The summed E-state index contributed by atoms with van der Waals surface area (Å²) in [6.07, 6.45) is 8.81. The van der Waals surface area contributed by atoms with Crippen molar-refractivity contribution in [2.75, 3.05) is 6.61 Å². The van der Waals surface area contributed by atoms with E-state index in [0.29, 0.717) is 6.61 Å². The molecule has 108 valence electrons. The fourth-order valence-corrected chi connectivity index (χ4v) is 1.96. The van der Waals surface area contributed by atoms with Gasteiger partial charge in [0.15, 0.2) is 0 Å². The number of unbranched alkanes of at least 4 members (excludes halogenated alkanes) is 4. The molecule has 0 aromatic rings. The first-order valence-electron chi connectivity index (χ1n) is 7.56. The van der Waals surface area contributed by atoms with E-state index >= 15 is 0 Å². The van der Waals surface area contributed by atoms with Gasteiger partial charge in [0.25, 0.3) is 0 Å². The Morgan fingerprint density at radius 1 is 0.944 bits per heavy atom. The summed E-state index contributed by atoms with van der Waals surface area (Å²) < 4.78 is 5.31. The van der Waals surface area contributed by atoms with Crippen LogP contribution in [0.5, 0.6) is 0 Å². The smallest absolute Gasteiger partial charge is 0.326 e. The van der Waals surface area contributed by atoms with Gasteiger partial charge >= 0.3 is 5.97 Å². The first-order chi connectivity index (χ1) is 8.60. The Morgan fingerprint density at radius 2 is 1.50 bits per heavy atom. The molecule has 1 atom stereocenters. The van der Waals surface area contributed by atoms with Crippen molar-refractivity contribution in [1.82, 2.24) is 0 Å². The second-order valence-electron chi connectivity index (χ2n) is 5.21. The quantitative estimate of drug-likeness (QED) is 0.452. The first kappa shape index (κ1) is 17.4. The minimum Gasteiger partial charge on any atom is -0.464 e. The SMILES string of the molecule is CCCCCC(N)(CCCC)C(=O)OCCCC. The zero-order chi connectivity index (χ0) is 13.9. The lowest BCUT2D eigenvalue weighted by Crippen LogP contribution is -2.49. The maximum Gasteiger partial charge on any atom is 0.326 e. The maximum absolute atomic E-state index is 12.1. The van der Waals surface area contributed by atoms with Crippen LogP contribution < -0.4 is 5.73 Å². The zero-order valence-corrected chi connectivity index (χ0v) is 12.5. The van der Waals surface area contributed by atoms with E-state index in [1.54, 1.807) is 0 Å². The van der Waals surface area contributed by atoms with Crippen molar-refractivity contribution in [3.8, 4) is 0 Å². The molecule has 0 fully saturated rings. The van der Waals surface area contributed by atoms with E-state index in [2.05, 4.69) is 20.8 Å². The molecule has 0 bridgehead atoms. The van der Waals surface area contributed by atoms with Crippen LogP contribution in [0.4, 0.5) is 0 Å². The van der Waals surface area contributed by atoms with Gasteiger partial charge < -0.3 is 10.5 Å². The molecule has 0 saturated carbocycles. The molecule has 0 aliphatic rings. The largest absolute Gasteiger partial charge is 0.464 e. The maximum atomic E-state index is 12.1. The molecule has 0 spiro atoms. The molecule has 3 heteroatoms. The molecule has 0 saturated heterocycles. The molecule has 2 N–H and O–H groups in total. The molecular weight excluding hydrogens is 226 g/mol. The Bertz CT molecular complexity index is 219. The summed E-state index contributed by atoms with van der Waals surface area (Å²) in [7, 11) is 0. The highest BCUT2D eigenvalue weighted by atomic mass is 16.5. The van der Waals surface area contributed by atoms with Gasteiger partial charge in [-0.3, -0.25) is 4.79 Å². The number of nitrogens with two attached hydrogens (primary N) is 1. The molecule has 0 radical (unpaired) electrons. The van der Waals surface area contributed by atoms with E-state index in [1.165, 1.54) is 0 Å². The van der Waals surface area contributed by atoms with Crippen LogP contribution in [0, 0.1) is 0 Å². The number of ether oxygens (including phenoxy) is 1. The van der Waals surface area contributed by atoms with Crippen LogP contribution in [-0.2, 0) is 9.53 Å². The summed E-state index contributed by atoms with van der Waals surface area (Å²) in [6.45, 7) is 6.87. The number of rotatable bonds is 11. The normalized spacial score (nSPS) is 14.2. The molecular formula is C15H31NO2. The van der Waals surface area contributed by atoms with Crippen molar-refractivity contribution < 1.29 is 9.53 Å². The number of hydrogen-bond donors (Lipinski definition) is 1. The van der Waals surface area contributed by atoms with Crippen LogP contribution in [0.1, 0.15) is 78.6 Å². The van der Waals surface area contributed by atoms with E-state index in [9.17, 15) is 4.79 Å². The van der Waals surface area contributed by atoms with Crippen molar-refractivity contribution in [1.29, 1.82) is 0 Å². The zero-order valence-electron chi connectivity index (χ0n) is 12.5. The third-order valence-corrected chi connectivity index (χ3v) is 3.34. The average molecular weight is 257 g/mol. The molecule has 3 nitrogen and oxygen atoms in total. The third-order valence-electron chi connectivity index (χ3n) is 3.34. The lowest BCUT2D eigenvalue weighted by molar-refractivity contribution is -0.151. The molecule has 0 aromatic carbocycles. The van der Waals surface area contributed by atoms with Crippen LogP contribution in [-0.4, -0.2) is 18.1 Å². The molecule has 0 amide bonds. The van der Waals surface area contributed by atoms with Crippen LogP contribution in [0.15, 0.2) is 0 Å². The fraction of sp³-hybridized carbons (Fsp3) is 0.933. The van der Waals surface area contributed by atoms with Crippen LogP contribution in [0.3, 0.4) is 0 Å². The number of carbonyl (C=O) groups is 1. The minimum absolute atomic E-state index is 0.194. The highest BCUT2D eigenvalue weighted by Gasteiger charge is 2.34. The molecule has 18 heavy (non-hydrogen) atoms. The average Bonchev–Trinajstić information content (AvgIpc) is 2.37. The number of hydrogen-bond acceptors (Lipinski definition) is 3. The Balaban J connectivity index is 4.28. The molecule has 0 aromatic heterocycles. The predicted octanol–water partition coefficient (Wildman–Crippen LogP) is 3.80. The van der Waals surface area contributed by atoms with Crippen molar-refractivity contribution in [2.24, 2.45) is 5.73 Å². The predicted molar refractivity (Wildman–Crippen MR) is 76.5 cm³/mol. The van der Waals surface area contributed by atoms with Gasteiger partial charge in [-0.15, -0.1) is 0 Å². The van der Waals surface area contributed by atoms with Gasteiger partial charge in [0.05, 0.1) is 6.61 Å². The Hall–Kier alpha value is -0.570. The Morgan fingerprint density at radius 3 is 2.06 bits per heavy atom.